The fourth-order valence-electron chi connectivity index (χ4n) is 3.40. The fraction of sp³-hybridized carbons (Fsp3) is 0.167. The third-order valence-corrected chi connectivity index (χ3v) is 4.86. The van der Waals surface area contributed by atoms with Gasteiger partial charge in [-0.2, -0.15) is 0 Å². The molecule has 2 atom stereocenters. The highest BCUT2D eigenvalue weighted by Gasteiger charge is 2.46. The molecule has 1 aliphatic heterocycles. The summed E-state index contributed by atoms with van der Waals surface area (Å²) in [5, 5.41) is 0. The zero-order valence-corrected chi connectivity index (χ0v) is 15.8. The summed E-state index contributed by atoms with van der Waals surface area (Å²) in [5.74, 6) is -0.431. The molecule has 1 amide bonds. The van der Waals surface area contributed by atoms with Crippen molar-refractivity contribution in [3.8, 4) is 0 Å². The SMILES string of the molecule is O=C1O[C@H](c2ccccc2)N(C(=O)OCc2ccccc2)[C@@H]1Cc1ccccc1. The number of rotatable bonds is 5. The van der Waals surface area contributed by atoms with Gasteiger partial charge in [0.25, 0.3) is 0 Å². The second kappa shape index (κ2) is 8.61. The predicted octanol–water partition coefficient (Wildman–Crippen LogP) is 4.49. The van der Waals surface area contributed by atoms with Gasteiger partial charge in [0.2, 0.25) is 6.23 Å². The molecule has 0 saturated carbocycles. The average molecular weight is 387 g/mol. The Hall–Kier alpha value is -3.60. The lowest BCUT2D eigenvalue weighted by atomic mass is 10.1. The van der Waals surface area contributed by atoms with Crippen LogP contribution in [0.25, 0.3) is 0 Å². The lowest BCUT2D eigenvalue weighted by Crippen LogP contribution is -2.41. The van der Waals surface area contributed by atoms with Crippen molar-refractivity contribution < 1.29 is 19.1 Å². The first-order chi connectivity index (χ1) is 14.2. The first-order valence-corrected chi connectivity index (χ1v) is 9.51. The molecule has 5 heteroatoms. The lowest BCUT2D eigenvalue weighted by Gasteiger charge is -2.25. The van der Waals surface area contributed by atoms with E-state index in [1.807, 2.05) is 91.0 Å². The van der Waals surface area contributed by atoms with Crippen LogP contribution in [0, 0.1) is 0 Å². The van der Waals surface area contributed by atoms with E-state index in [-0.39, 0.29) is 6.61 Å². The first kappa shape index (κ1) is 18.7. The highest BCUT2D eigenvalue weighted by atomic mass is 16.6. The van der Waals surface area contributed by atoms with Crippen molar-refractivity contribution in [3.63, 3.8) is 0 Å². The van der Waals surface area contributed by atoms with Crippen molar-refractivity contribution in [1.29, 1.82) is 0 Å². The van der Waals surface area contributed by atoms with E-state index in [2.05, 4.69) is 0 Å². The van der Waals surface area contributed by atoms with E-state index in [0.717, 1.165) is 16.7 Å². The maximum absolute atomic E-state index is 13.0. The van der Waals surface area contributed by atoms with E-state index in [9.17, 15) is 9.59 Å². The van der Waals surface area contributed by atoms with Crippen LogP contribution in [-0.2, 0) is 27.3 Å². The number of benzene rings is 3. The summed E-state index contributed by atoms with van der Waals surface area (Å²) in [5.41, 5.74) is 2.56. The molecule has 1 heterocycles. The molecule has 5 nitrogen and oxygen atoms in total. The Morgan fingerprint density at radius 3 is 2.00 bits per heavy atom. The first-order valence-electron chi connectivity index (χ1n) is 9.51. The van der Waals surface area contributed by atoms with E-state index in [1.165, 1.54) is 4.90 Å². The zero-order valence-electron chi connectivity index (χ0n) is 15.8. The van der Waals surface area contributed by atoms with Gasteiger partial charge in [0.05, 0.1) is 0 Å². The molecule has 1 fully saturated rings. The van der Waals surface area contributed by atoms with Crippen LogP contribution < -0.4 is 0 Å². The molecule has 0 unspecified atom stereocenters. The number of hydrogen-bond acceptors (Lipinski definition) is 4. The van der Waals surface area contributed by atoms with Crippen LogP contribution in [0.15, 0.2) is 91.0 Å². The van der Waals surface area contributed by atoms with Gasteiger partial charge in [-0.15, -0.1) is 0 Å². The van der Waals surface area contributed by atoms with Crippen LogP contribution in [0.5, 0.6) is 0 Å². The Morgan fingerprint density at radius 1 is 0.828 bits per heavy atom. The summed E-state index contributed by atoms with van der Waals surface area (Å²) >= 11 is 0. The lowest BCUT2D eigenvalue weighted by molar-refractivity contribution is -0.142. The summed E-state index contributed by atoms with van der Waals surface area (Å²) < 4.78 is 11.1. The number of hydrogen-bond donors (Lipinski definition) is 0. The quantitative estimate of drug-likeness (QED) is 0.605. The molecule has 29 heavy (non-hydrogen) atoms. The van der Waals surface area contributed by atoms with Crippen molar-refractivity contribution in [2.45, 2.75) is 25.3 Å². The summed E-state index contributed by atoms with van der Waals surface area (Å²) in [4.78, 5) is 27.1. The van der Waals surface area contributed by atoms with Gasteiger partial charge in [-0.05, 0) is 11.1 Å². The van der Waals surface area contributed by atoms with Gasteiger partial charge >= 0.3 is 12.1 Å². The van der Waals surface area contributed by atoms with E-state index >= 15 is 0 Å². The van der Waals surface area contributed by atoms with Crippen LogP contribution in [0.2, 0.25) is 0 Å². The highest BCUT2D eigenvalue weighted by molar-refractivity contribution is 5.85. The van der Waals surface area contributed by atoms with Crippen LogP contribution in [0.4, 0.5) is 4.79 Å². The molecule has 4 rings (SSSR count). The minimum absolute atomic E-state index is 0.129. The van der Waals surface area contributed by atoms with Gasteiger partial charge in [0.1, 0.15) is 12.6 Å². The van der Waals surface area contributed by atoms with Crippen LogP contribution >= 0.6 is 0 Å². The van der Waals surface area contributed by atoms with E-state index < -0.39 is 24.3 Å². The van der Waals surface area contributed by atoms with Crippen molar-refractivity contribution in [2.75, 3.05) is 0 Å². The number of carbonyl (C=O) groups is 2. The molecular weight excluding hydrogens is 366 g/mol. The molecule has 3 aromatic carbocycles. The number of ether oxygens (including phenoxy) is 2. The zero-order chi connectivity index (χ0) is 20.1. The predicted molar refractivity (Wildman–Crippen MR) is 108 cm³/mol. The minimum Gasteiger partial charge on any atom is -0.444 e. The number of amides is 1. The average Bonchev–Trinajstić information content (AvgIpc) is 3.10. The Balaban J connectivity index is 1.59. The van der Waals surface area contributed by atoms with Gasteiger partial charge in [-0.25, -0.2) is 9.59 Å². The van der Waals surface area contributed by atoms with Gasteiger partial charge < -0.3 is 9.47 Å². The van der Waals surface area contributed by atoms with E-state index in [0.29, 0.717) is 6.42 Å². The Bertz CT molecular complexity index is 960. The van der Waals surface area contributed by atoms with E-state index in [1.54, 1.807) is 0 Å². The fourth-order valence-corrected chi connectivity index (χ4v) is 3.40. The standard InChI is InChI=1S/C24H21NO4/c26-23-21(16-18-10-4-1-5-11-18)25(22(29-23)20-14-8-3-9-15-20)24(27)28-17-19-12-6-2-7-13-19/h1-15,21-22H,16-17H2/t21-,22-/m1/s1. The van der Waals surface area contributed by atoms with Crippen molar-refractivity contribution >= 4 is 12.1 Å². The topological polar surface area (TPSA) is 55.8 Å². The number of cyclic esters (lactones) is 1. The minimum atomic E-state index is -0.805. The number of carbonyl (C=O) groups excluding carboxylic acids is 2. The van der Waals surface area contributed by atoms with Crippen molar-refractivity contribution in [2.24, 2.45) is 0 Å². The molecule has 0 spiro atoms. The molecule has 0 aromatic heterocycles. The normalized spacial score (nSPS) is 18.3. The van der Waals surface area contributed by atoms with Crippen molar-refractivity contribution in [3.05, 3.63) is 108 Å². The molecule has 1 saturated heterocycles. The molecule has 0 aliphatic carbocycles. The summed E-state index contributed by atoms with van der Waals surface area (Å²) in [6.07, 6.45) is -1.01. The monoisotopic (exact) mass is 387 g/mol. The summed E-state index contributed by atoms with van der Waals surface area (Å²) in [6.45, 7) is 0.129. The molecule has 146 valence electrons. The van der Waals surface area contributed by atoms with E-state index in [4.69, 9.17) is 9.47 Å². The molecule has 3 aromatic rings. The maximum atomic E-state index is 13.0. The highest BCUT2D eigenvalue weighted by Crippen LogP contribution is 2.34. The van der Waals surface area contributed by atoms with Crippen LogP contribution in [-0.4, -0.2) is 23.0 Å². The maximum Gasteiger partial charge on any atom is 0.414 e. The van der Waals surface area contributed by atoms with Gasteiger partial charge in [-0.1, -0.05) is 91.0 Å². The second-order valence-corrected chi connectivity index (χ2v) is 6.85. The molecule has 0 bridgehead atoms. The smallest absolute Gasteiger partial charge is 0.414 e. The Kier molecular flexibility index (Phi) is 5.56. The Morgan fingerprint density at radius 2 is 1.38 bits per heavy atom. The van der Waals surface area contributed by atoms with Gasteiger partial charge in [0, 0.05) is 12.0 Å². The third kappa shape index (κ3) is 4.29. The Labute approximate surface area is 169 Å². The largest absolute Gasteiger partial charge is 0.444 e. The molecular formula is C24H21NO4. The number of nitrogens with zero attached hydrogens (tertiary/aromatic N) is 1. The molecule has 1 aliphatic rings. The summed E-state index contributed by atoms with van der Waals surface area (Å²) in [6, 6.07) is 27.5. The van der Waals surface area contributed by atoms with Crippen molar-refractivity contribution in [1.82, 2.24) is 4.90 Å². The number of esters is 1. The second-order valence-electron chi connectivity index (χ2n) is 6.85. The van der Waals surface area contributed by atoms with Crippen LogP contribution in [0.3, 0.4) is 0 Å². The third-order valence-electron chi connectivity index (χ3n) is 4.86. The molecule has 0 N–H and O–H groups in total. The summed E-state index contributed by atoms with van der Waals surface area (Å²) in [7, 11) is 0. The molecule has 0 radical (unpaired) electrons. The van der Waals surface area contributed by atoms with Gasteiger partial charge in [-0.3, -0.25) is 4.90 Å². The van der Waals surface area contributed by atoms with Crippen LogP contribution in [0.1, 0.15) is 22.9 Å². The van der Waals surface area contributed by atoms with Gasteiger partial charge in [0.15, 0.2) is 0 Å².